The molecule has 0 spiro atoms. The zero-order valence-corrected chi connectivity index (χ0v) is 26.2. The number of phosphoric ester groups is 2. The van der Waals surface area contributed by atoms with Crippen molar-refractivity contribution in [1.82, 2.24) is 14.9 Å². The zero-order chi connectivity index (χ0) is 33.0. The number of amides is 1. The number of ether oxygens (including phenoxy) is 1. The van der Waals surface area contributed by atoms with E-state index in [0.717, 1.165) is 4.57 Å². The molecule has 2 heterocycles. The van der Waals surface area contributed by atoms with Gasteiger partial charge < -0.3 is 29.8 Å². The Morgan fingerprint density at radius 2 is 1.77 bits per heavy atom. The minimum absolute atomic E-state index is 0.176. The van der Waals surface area contributed by atoms with Crippen molar-refractivity contribution in [2.45, 2.75) is 70.3 Å². The lowest BCUT2D eigenvalue weighted by atomic mass is 10.2. The van der Waals surface area contributed by atoms with Crippen molar-refractivity contribution in [2.75, 3.05) is 26.3 Å². The van der Waals surface area contributed by atoms with Crippen LogP contribution in [0.5, 0.6) is 0 Å². The molecule has 250 valence electrons. The largest absolute Gasteiger partial charge is 0.490 e. The van der Waals surface area contributed by atoms with Crippen LogP contribution in [0.25, 0.3) is 10.4 Å². The molecule has 1 amide bonds. The average molecular weight is 692 g/mol. The highest BCUT2D eigenvalue weighted by Crippen LogP contribution is 2.67. The fourth-order valence-electron chi connectivity index (χ4n) is 3.76. The van der Waals surface area contributed by atoms with Gasteiger partial charge in [0.2, 0.25) is 5.91 Å². The number of nitrogens with one attached hydrogen (secondary N) is 2. The maximum atomic E-state index is 12.2. The summed E-state index contributed by atoms with van der Waals surface area (Å²) in [5.41, 5.74) is 6.89. The number of aliphatic hydroxyl groups excluding tert-OH is 1. The first-order valence-corrected chi connectivity index (χ1v) is 17.7. The summed E-state index contributed by atoms with van der Waals surface area (Å²) >= 11 is 0. The molecule has 0 bridgehead atoms. The van der Waals surface area contributed by atoms with E-state index in [0.29, 0.717) is 32.2 Å². The van der Waals surface area contributed by atoms with E-state index in [9.17, 15) is 47.9 Å². The lowest BCUT2D eigenvalue weighted by molar-refractivity contribution is -0.121. The molecule has 1 fully saturated rings. The van der Waals surface area contributed by atoms with E-state index in [2.05, 4.69) is 38.0 Å². The number of azide groups is 1. The molecule has 1 saturated heterocycles. The summed E-state index contributed by atoms with van der Waals surface area (Å²) in [6.45, 7) is 0.776. The third-order valence-electron chi connectivity index (χ3n) is 5.85. The molecule has 0 radical (unpaired) electrons. The van der Waals surface area contributed by atoms with Crippen LogP contribution in [0, 0.1) is 6.92 Å². The highest BCUT2D eigenvalue weighted by Gasteiger charge is 2.43. The van der Waals surface area contributed by atoms with Gasteiger partial charge in [-0.05, 0) is 31.7 Å². The van der Waals surface area contributed by atoms with Crippen LogP contribution in [0.4, 0.5) is 0 Å². The van der Waals surface area contributed by atoms with E-state index < -0.39 is 59.8 Å². The molecule has 1 aliphatic rings. The molecule has 1 aromatic rings. The van der Waals surface area contributed by atoms with Crippen LogP contribution in [-0.4, -0.2) is 73.8 Å². The van der Waals surface area contributed by atoms with Gasteiger partial charge in [0.1, 0.15) is 12.3 Å². The number of carbonyl (C=O) groups excluding carboxylic acids is 1. The number of hydrogen-bond donors (Lipinski definition) is 6. The molecule has 0 saturated carbocycles. The molecule has 2 rings (SSSR count). The maximum Gasteiger partial charge on any atom is 0.490 e. The van der Waals surface area contributed by atoms with Gasteiger partial charge in [-0.15, -0.1) is 0 Å². The average Bonchev–Trinajstić information content (AvgIpc) is 3.27. The Labute approximate surface area is 249 Å². The number of aromatic amines is 1. The Bertz CT molecular complexity index is 1430. The van der Waals surface area contributed by atoms with Crippen LogP contribution in [0.1, 0.15) is 56.7 Å². The molecule has 21 nitrogen and oxygen atoms in total. The maximum absolute atomic E-state index is 12.2. The van der Waals surface area contributed by atoms with E-state index in [1.54, 1.807) is 0 Å². The number of unbranched alkanes of at least 4 members (excludes halogenated alkanes) is 3. The highest BCUT2D eigenvalue weighted by atomic mass is 31.3. The van der Waals surface area contributed by atoms with Crippen LogP contribution in [0.3, 0.4) is 0 Å². The van der Waals surface area contributed by atoms with Gasteiger partial charge in [-0.1, -0.05) is 18.0 Å². The van der Waals surface area contributed by atoms with Gasteiger partial charge in [-0.2, -0.15) is 8.62 Å². The van der Waals surface area contributed by atoms with Crippen LogP contribution in [0.2, 0.25) is 0 Å². The summed E-state index contributed by atoms with van der Waals surface area (Å²) < 4.78 is 59.9. The van der Waals surface area contributed by atoms with Crippen LogP contribution >= 0.6 is 23.5 Å². The van der Waals surface area contributed by atoms with Crippen molar-refractivity contribution < 1.29 is 60.7 Å². The number of carbonyl (C=O) groups is 1. The van der Waals surface area contributed by atoms with Crippen LogP contribution < -0.4 is 16.6 Å². The van der Waals surface area contributed by atoms with Crippen molar-refractivity contribution in [1.29, 1.82) is 0 Å². The van der Waals surface area contributed by atoms with Crippen molar-refractivity contribution in [2.24, 2.45) is 5.11 Å². The van der Waals surface area contributed by atoms with Gasteiger partial charge >= 0.3 is 29.2 Å². The van der Waals surface area contributed by atoms with E-state index in [-0.39, 0.29) is 43.9 Å². The second-order valence-electron chi connectivity index (χ2n) is 9.43. The SMILES string of the molecule is Cc1cn([C@@H]2CC(O)[C@H](COP(=O)(O)OP(=O)(O)OP(=O)(O)OCCCCCCNC(=O)CCCN=[N+]=[N-])O2)c(=O)[nH]c1=O. The van der Waals surface area contributed by atoms with Crippen molar-refractivity contribution >= 4 is 29.4 Å². The van der Waals surface area contributed by atoms with E-state index in [1.165, 1.54) is 13.1 Å². The number of rotatable bonds is 20. The molecule has 0 aliphatic carbocycles. The normalized spacial score (nSPS) is 22.3. The molecule has 4 unspecified atom stereocenters. The predicted molar refractivity (Wildman–Crippen MR) is 149 cm³/mol. The quantitative estimate of drug-likeness (QED) is 0.0372. The minimum atomic E-state index is -5.70. The Morgan fingerprint density at radius 3 is 2.45 bits per heavy atom. The number of aromatic nitrogens is 2. The molecule has 24 heteroatoms. The Hall–Kier alpha value is -2.21. The first-order valence-electron chi connectivity index (χ1n) is 13.2. The molecule has 1 aliphatic heterocycles. The smallest absolute Gasteiger partial charge is 0.390 e. The summed E-state index contributed by atoms with van der Waals surface area (Å²) in [4.78, 5) is 69.0. The van der Waals surface area contributed by atoms with Crippen LogP contribution in [0.15, 0.2) is 20.9 Å². The number of aryl methyl sites for hydroxylation is 1. The lowest BCUT2D eigenvalue weighted by Crippen LogP contribution is -2.33. The lowest BCUT2D eigenvalue weighted by Gasteiger charge is -2.20. The third-order valence-corrected chi connectivity index (χ3v) is 10.1. The monoisotopic (exact) mass is 692 g/mol. The standard InChI is InChI=1S/C20H35N6O15P3/c1-14-12-26(20(30)24-19(14)29)18-11-15(27)16(39-18)13-38-43(33,34)41-44(35,36)40-42(31,32)37-10-5-3-2-4-8-22-17(28)7-6-9-23-25-21/h12,15-16,18,27H,2-11,13H2,1H3,(H,22,28)(H,31,32)(H,33,34)(H,35,36)(H,24,29,30)/t15?,16-,18-/m0/s1. The highest BCUT2D eigenvalue weighted by molar-refractivity contribution is 7.66. The molecule has 1 aromatic heterocycles. The summed E-state index contributed by atoms with van der Waals surface area (Å²) in [5.74, 6) is -0.192. The first-order chi connectivity index (χ1) is 20.5. The van der Waals surface area contributed by atoms with Gasteiger partial charge in [0.15, 0.2) is 0 Å². The molecule has 6 atom stereocenters. The van der Waals surface area contributed by atoms with Gasteiger partial charge in [0.05, 0.1) is 19.3 Å². The number of phosphoric acid groups is 3. The first kappa shape index (κ1) is 38.0. The van der Waals surface area contributed by atoms with Crippen molar-refractivity contribution in [3.8, 4) is 0 Å². The Morgan fingerprint density at radius 1 is 1.11 bits per heavy atom. The number of H-pyrrole nitrogens is 1. The predicted octanol–water partition coefficient (Wildman–Crippen LogP) is 1.63. The number of hydrogen-bond acceptors (Lipinski definition) is 13. The topological polar surface area (TPSA) is 311 Å². The van der Waals surface area contributed by atoms with Gasteiger partial charge in [0, 0.05) is 42.6 Å². The fraction of sp³-hybridized carbons (Fsp3) is 0.750. The zero-order valence-electron chi connectivity index (χ0n) is 23.5. The summed E-state index contributed by atoms with van der Waals surface area (Å²) in [6.07, 6.45) is -0.163. The van der Waals surface area contributed by atoms with E-state index in [1.807, 2.05) is 0 Å². The summed E-state index contributed by atoms with van der Waals surface area (Å²) in [5, 5.41) is 16.2. The van der Waals surface area contributed by atoms with Crippen molar-refractivity contribution in [3.05, 3.63) is 43.0 Å². The second kappa shape index (κ2) is 17.5. The molecule has 6 N–H and O–H groups in total. The molecular formula is C20H35N6O15P3. The number of nitrogens with zero attached hydrogens (tertiary/aromatic N) is 4. The Balaban J connectivity index is 1.70. The molecular weight excluding hydrogens is 657 g/mol. The van der Waals surface area contributed by atoms with Crippen molar-refractivity contribution in [3.63, 3.8) is 0 Å². The summed E-state index contributed by atoms with van der Waals surface area (Å²) in [7, 11) is -16.4. The van der Waals surface area contributed by atoms with Gasteiger partial charge in [0.25, 0.3) is 5.56 Å². The van der Waals surface area contributed by atoms with E-state index in [4.69, 9.17) is 10.3 Å². The van der Waals surface area contributed by atoms with Crippen LogP contribution in [-0.2, 0) is 40.9 Å². The molecule has 0 aromatic carbocycles. The van der Waals surface area contributed by atoms with Gasteiger partial charge in [-0.3, -0.25) is 28.2 Å². The minimum Gasteiger partial charge on any atom is -0.390 e. The van der Waals surface area contributed by atoms with Gasteiger partial charge in [-0.25, -0.2) is 18.5 Å². The molecule has 44 heavy (non-hydrogen) atoms. The Kier molecular flexibility index (Phi) is 15.1. The third kappa shape index (κ3) is 13.8. The van der Waals surface area contributed by atoms with E-state index >= 15 is 0 Å². The number of aliphatic hydroxyl groups is 1. The second-order valence-corrected chi connectivity index (χ2v) is 14.1. The summed E-state index contributed by atoms with van der Waals surface area (Å²) in [6, 6.07) is 0. The fourth-order valence-corrected chi connectivity index (χ4v) is 7.30.